The number of benzene rings is 1. The number of hydrogen-bond donors (Lipinski definition) is 1. The molecule has 0 unspecified atom stereocenters. The van der Waals surface area contributed by atoms with E-state index in [9.17, 15) is 9.90 Å². The maximum atomic E-state index is 11.8. The first-order valence-corrected chi connectivity index (χ1v) is 5.88. The Kier molecular flexibility index (Phi) is 4.38. The molecule has 102 valence electrons. The van der Waals surface area contributed by atoms with Gasteiger partial charge in [0.05, 0.1) is 11.6 Å². The van der Waals surface area contributed by atoms with Gasteiger partial charge in [0.15, 0.2) is 0 Å². The van der Waals surface area contributed by atoms with Gasteiger partial charge < -0.3 is 14.7 Å². The first kappa shape index (κ1) is 14.8. The summed E-state index contributed by atoms with van der Waals surface area (Å²) >= 11 is 0. The summed E-state index contributed by atoms with van der Waals surface area (Å²) in [6.07, 6.45) is -0.450. The molecule has 5 nitrogen and oxygen atoms in total. The van der Waals surface area contributed by atoms with E-state index in [4.69, 9.17) is 10.00 Å². The van der Waals surface area contributed by atoms with Gasteiger partial charge in [-0.05, 0) is 44.5 Å². The van der Waals surface area contributed by atoms with E-state index in [1.807, 2.05) is 6.07 Å². The average Bonchev–Trinajstić information content (AvgIpc) is 2.25. The molecule has 0 atom stereocenters. The first-order valence-electron chi connectivity index (χ1n) is 5.88. The molecule has 1 aromatic rings. The van der Waals surface area contributed by atoms with Crippen molar-refractivity contribution in [2.24, 2.45) is 0 Å². The molecule has 0 heterocycles. The van der Waals surface area contributed by atoms with E-state index in [1.165, 1.54) is 17.0 Å². The summed E-state index contributed by atoms with van der Waals surface area (Å²) < 4.78 is 5.22. The number of amides is 1. The van der Waals surface area contributed by atoms with E-state index in [1.54, 1.807) is 33.9 Å². The summed E-state index contributed by atoms with van der Waals surface area (Å²) in [5.74, 6) is 0.00615. The van der Waals surface area contributed by atoms with E-state index < -0.39 is 11.7 Å². The number of nitrogens with zero attached hydrogens (tertiary/aromatic N) is 2. The smallest absolute Gasteiger partial charge is 0.410 e. The topological polar surface area (TPSA) is 73.6 Å². The molecule has 19 heavy (non-hydrogen) atoms. The number of hydrogen-bond acceptors (Lipinski definition) is 4. The molecule has 0 aromatic heterocycles. The summed E-state index contributed by atoms with van der Waals surface area (Å²) in [4.78, 5) is 13.2. The fraction of sp³-hybridized carbons (Fsp3) is 0.429. The number of phenolic OH excluding ortho intramolecular Hbond substituents is 1. The van der Waals surface area contributed by atoms with Gasteiger partial charge in [0.2, 0.25) is 0 Å². The molecule has 0 saturated carbocycles. The minimum Gasteiger partial charge on any atom is -0.508 e. The summed E-state index contributed by atoms with van der Waals surface area (Å²) in [6.45, 7) is 5.64. The molecule has 0 aliphatic rings. The first-order chi connectivity index (χ1) is 8.71. The number of aromatic hydroxyl groups is 1. The van der Waals surface area contributed by atoms with Crippen LogP contribution >= 0.6 is 0 Å². The molecular formula is C14H18N2O3. The van der Waals surface area contributed by atoms with E-state index in [2.05, 4.69) is 0 Å². The van der Waals surface area contributed by atoms with Gasteiger partial charge in [-0.25, -0.2) is 4.79 Å². The molecule has 1 N–H and O–H groups in total. The number of carbonyl (C=O) groups excluding carboxylic acids is 1. The van der Waals surface area contributed by atoms with Crippen LogP contribution < -0.4 is 0 Å². The minimum atomic E-state index is -0.554. The molecule has 0 saturated heterocycles. The normalized spacial score (nSPS) is 10.7. The van der Waals surface area contributed by atoms with Gasteiger partial charge in [0.1, 0.15) is 11.4 Å². The van der Waals surface area contributed by atoms with Gasteiger partial charge in [0, 0.05) is 13.6 Å². The van der Waals surface area contributed by atoms with Crippen LogP contribution in [0.1, 0.15) is 31.9 Å². The number of ether oxygens (including phenoxy) is 1. The van der Waals surface area contributed by atoms with Crippen LogP contribution in [0.4, 0.5) is 4.79 Å². The summed E-state index contributed by atoms with van der Waals surface area (Å²) in [5, 5.41) is 18.3. The molecular weight excluding hydrogens is 244 g/mol. The summed E-state index contributed by atoms with van der Waals surface area (Å²) in [6, 6.07) is 6.47. The van der Waals surface area contributed by atoms with Crippen molar-refractivity contribution in [2.75, 3.05) is 7.05 Å². The highest BCUT2D eigenvalue weighted by Crippen LogP contribution is 2.17. The van der Waals surface area contributed by atoms with E-state index >= 15 is 0 Å². The molecule has 0 radical (unpaired) electrons. The predicted molar refractivity (Wildman–Crippen MR) is 70.5 cm³/mol. The molecule has 1 rings (SSSR count). The summed E-state index contributed by atoms with van der Waals surface area (Å²) in [7, 11) is 1.60. The highest BCUT2D eigenvalue weighted by molar-refractivity contribution is 5.67. The Hall–Kier alpha value is -2.22. The second-order valence-corrected chi connectivity index (χ2v) is 5.34. The van der Waals surface area contributed by atoms with Crippen LogP contribution in [0.3, 0.4) is 0 Å². The maximum Gasteiger partial charge on any atom is 0.410 e. The van der Waals surface area contributed by atoms with Crippen molar-refractivity contribution in [1.29, 1.82) is 5.26 Å². The highest BCUT2D eigenvalue weighted by atomic mass is 16.6. The van der Waals surface area contributed by atoms with Crippen molar-refractivity contribution in [3.63, 3.8) is 0 Å². The monoisotopic (exact) mass is 262 g/mol. The van der Waals surface area contributed by atoms with Gasteiger partial charge in [-0.3, -0.25) is 0 Å². The van der Waals surface area contributed by atoms with Gasteiger partial charge in [-0.2, -0.15) is 5.26 Å². The zero-order chi connectivity index (χ0) is 14.6. The van der Waals surface area contributed by atoms with Crippen LogP contribution in [-0.4, -0.2) is 28.7 Å². The standard InChI is InChI=1S/C14H18N2O3/c1-14(2,3)19-13(18)16(4)9-11-5-10(8-15)6-12(17)7-11/h5-7,17H,9H2,1-4H3. The molecule has 5 heteroatoms. The van der Waals surface area contributed by atoms with Crippen molar-refractivity contribution in [1.82, 2.24) is 4.90 Å². The van der Waals surface area contributed by atoms with Crippen LogP contribution in [0, 0.1) is 11.3 Å². The molecule has 0 aliphatic carbocycles. The lowest BCUT2D eigenvalue weighted by atomic mass is 10.1. The Labute approximate surface area is 113 Å². The van der Waals surface area contributed by atoms with Crippen LogP contribution in [0.2, 0.25) is 0 Å². The highest BCUT2D eigenvalue weighted by Gasteiger charge is 2.19. The maximum absolute atomic E-state index is 11.8. The zero-order valence-electron chi connectivity index (χ0n) is 11.6. The third kappa shape index (κ3) is 4.88. The fourth-order valence-electron chi connectivity index (χ4n) is 1.51. The number of rotatable bonds is 2. The molecule has 0 spiro atoms. The second kappa shape index (κ2) is 5.61. The van der Waals surface area contributed by atoms with Crippen molar-refractivity contribution >= 4 is 6.09 Å². The molecule has 0 aliphatic heterocycles. The van der Waals surface area contributed by atoms with Crippen molar-refractivity contribution in [3.05, 3.63) is 29.3 Å². The number of carbonyl (C=O) groups is 1. The van der Waals surface area contributed by atoms with Gasteiger partial charge in [-0.15, -0.1) is 0 Å². The van der Waals surface area contributed by atoms with E-state index in [-0.39, 0.29) is 12.3 Å². The third-order valence-electron chi connectivity index (χ3n) is 2.23. The Morgan fingerprint density at radius 2 is 2.05 bits per heavy atom. The Bertz CT molecular complexity index is 512. The predicted octanol–water partition coefficient (Wildman–Crippen LogP) is 2.63. The Balaban J connectivity index is 2.77. The van der Waals surface area contributed by atoms with Crippen LogP contribution in [0.25, 0.3) is 0 Å². The van der Waals surface area contributed by atoms with Gasteiger partial charge in [-0.1, -0.05) is 0 Å². The van der Waals surface area contributed by atoms with Crippen LogP contribution in [0.5, 0.6) is 5.75 Å². The quantitative estimate of drug-likeness (QED) is 0.889. The minimum absolute atomic E-state index is 0.00615. The fourth-order valence-corrected chi connectivity index (χ4v) is 1.51. The van der Waals surface area contributed by atoms with Crippen molar-refractivity contribution < 1.29 is 14.6 Å². The van der Waals surface area contributed by atoms with Gasteiger partial charge >= 0.3 is 6.09 Å². The lowest BCUT2D eigenvalue weighted by Crippen LogP contribution is -2.33. The average molecular weight is 262 g/mol. The van der Waals surface area contributed by atoms with Crippen molar-refractivity contribution in [2.45, 2.75) is 32.9 Å². The van der Waals surface area contributed by atoms with Crippen LogP contribution in [0.15, 0.2) is 18.2 Å². The second-order valence-electron chi connectivity index (χ2n) is 5.34. The van der Waals surface area contributed by atoms with Crippen molar-refractivity contribution in [3.8, 4) is 11.8 Å². The lowest BCUT2D eigenvalue weighted by molar-refractivity contribution is 0.0285. The largest absolute Gasteiger partial charge is 0.508 e. The SMILES string of the molecule is CN(Cc1cc(O)cc(C#N)c1)C(=O)OC(C)(C)C. The molecule has 0 bridgehead atoms. The molecule has 1 aromatic carbocycles. The molecule has 0 fully saturated rings. The third-order valence-corrected chi connectivity index (χ3v) is 2.23. The zero-order valence-corrected chi connectivity index (χ0v) is 11.6. The Morgan fingerprint density at radius 1 is 1.42 bits per heavy atom. The van der Waals surface area contributed by atoms with Gasteiger partial charge in [0.25, 0.3) is 0 Å². The number of nitriles is 1. The van der Waals surface area contributed by atoms with E-state index in [0.29, 0.717) is 11.1 Å². The molecule has 1 amide bonds. The Morgan fingerprint density at radius 3 is 2.58 bits per heavy atom. The lowest BCUT2D eigenvalue weighted by Gasteiger charge is -2.24. The van der Waals surface area contributed by atoms with E-state index in [0.717, 1.165) is 0 Å². The summed E-state index contributed by atoms with van der Waals surface area (Å²) in [5.41, 5.74) is 0.472. The van der Waals surface area contributed by atoms with Crippen LogP contribution in [-0.2, 0) is 11.3 Å². The number of phenols is 1.